The summed E-state index contributed by atoms with van der Waals surface area (Å²) in [6, 6.07) is 13.0. The molecule has 0 heterocycles. The van der Waals surface area contributed by atoms with E-state index in [1.165, 1.54) is 0 Å². The molecule has 21 heavy (non-hydrogen) atoms. The molecule has 0 bridgehead atoms. The molecule has 0 saturated heterocycles. The molecule has 0 aromatic heterocycles. The molecule has 3 nitrogen and oxygen atoms in total. The minimum atomic E-state index is -0.917. The van der Waals surface area contributed by atoms with Crippen LogP contribution < -0.4 is 0 Å². The number of carbonyl (C=O) groups excluding carboxylic acids is 1. The van der Waals surface area contributed by atoms with Gasteiger partial charge in [-0.2, -0.15) is 0 Å². The van der Waals surface area contributed by atoms with Gasteiger partial charge >= 0.3 is 5.97 Å². The Morgan fingerprint density at radius 3 is 2.43 bits per heavy atom. The van der Waals surface area contributed by atoms with Gasteiger partial charge < -0.3 is 5.11 Å². The first kappa shape index (κ1) is 12.3. The van der Waals surface area contributed by atoms with E-state index in [2.05, 4.69) is 0 Å². The lowest BCUT2D eigenvalue weighted by Crippen LogP contribution is -2.28. The molecule has 0 saturated carbocycles. The van der Waals surface area contributed by atoms with Crippen molar-refractivity contribution in [3.05, 3.63) is 70.3 Å². The average molecular weight is 278 g/mol. The first-order valence-electron chi connectivity index (χ1n) is 7.07. The van der Waals surface area contributed by atoms with Gasteiger partial charge in [0.2, 0.25) is 0 Å². The van der Waals surface area contributed by atoms with E-state index in [1.807, 2.05) is 30.3 Å². The van der Waals surface area contributed by atoms with Crippen LogP contribution in [0.1, 0.15) is 37.4 Å². The number of hydrogen-bond acceptors (Lipinski definition) is 2. The van der Waals surface area contributed by atoms with Crippen molar-refractivity contribution in [1.29, 1.82) is 0 Å². The van der Waals surface area contributed by atoms with Crippen molar-refractivity contribution < 1.29 is 14.7 Å². The maximum absolute atomic E-state index is 12.8. The van der Waals surface area contributed by atoms with Crippen LogP contribution in [0.2, 0.25) is 0 Å². The summed E-state index contributed by atoms with van der Waals surface area (Å²) in [7, 11) is 0. The first-order valence-corrected chi connectivity index (χ1v) is 7.07. The summed E-state index contributed by atoms with van der Waals surface area (Å²) in [6.45, 7) is 0. The lowest BCUT2D eigenvalue weighted by molar-refractivity contribution is 0.0696. The van der Waals surface area contributed by atoms with E-state index in [1.54, 1.807) is 12.1 Å². The molecule has 104 valence electrons. The summed E-state index contributed by atoms with van der Waals surface area (Å²) in [6.07, 6.45) is 2.13. The number of carboxylic acid groups (broad SMARTS) is 1. The highest BCUT2D eigenvalue weighted by atomic mass is 16.4. The zero-order chi connectivity index (χ0) is 14.6. The zero-order valence-corrected chi connectivity index (χ0v) is 11.4. The fraction of sp³-hybridized carbons (Fsp3) is 0.222. The minimum absolute atomic E-state index is 0.214. The number of carboxylic acids is 1. The maximum Gasteiger partial charge on any atom is 0.335 e. The number of fused-ring (bicyclic) bond motifs is 2. The van der Waals surface area contributed by atoms with Crippen molar-refractivity contribution in [2.45, 2.75) is 19.3 Å². The highest BCUT2D eigenvalue weighted by Crippen LogP contribution is 2.47. The van der Waals surface area contributed by atoms with Gasteiger partial charge in [0.05, 0.1) is 5.56 Å². The molecule has 2 aromatic rings. The SMILES string of the molecule is O=C(O)c1ccc2c(c1)C[C@@]1(C2)Cc2ccccc2C1=O. The third kappa shape index (κ3) is 1.67. The van der Waals surface area contributed by atoms with E-state index in [-0.39, 0.29) is 11.2 Å². The van der Waals surface area contributed by atoms with Crippen LogP contribution >= 0.6 is 0 Å². The molecule has 2 aliphatic rings. The Bertz CT molecular complexity index is 791. The summed E-state index contributed by atoms with van der Waals surface area (Å²) in [4.78, 5) is 23.9. The van der Waals surface area contributed by atoms with Crippen LogP contribution in [0, 0.1) is 5.41 Å². The maximum atomic E-state index is 12.8. The second-order valence-corrected chi connectivity index (χ2v) is 6.09. The van der Waals surface area contributed by atoms with E-state index in [0.29, 0.717) is 12.0 Å². The van der Waals surface area contributed by atoms with Gasteiger partial charge in [-0.1, -0.05) is 30.3 Å². The van der Waals surface area contributed by atoms with Crippen molar-refractivity contribution in [2.75, 3.05) is 0 Å². The van der Waals surface area contributed by atoms with Gasteiger partial charge in [0, 0.05) is 11.0 Å². The zero-order valence-electron chi connectivity index (χ0n) is 11.4. The molecule has 2 aliphatic carbocycles. The molecule has 0 fully saturated rings. The summed E-state index contributed by atoms with van der Waals surface area (Å²) >= 11 is 0. The van der Waals surface area contributed by atoms with Gasteiger partial charge in [0.25, 0.3) is 0 Å². The average Bonchev–Trinajstić information content (AvgIpc) is 2.97. The van der Waals surface area contributed by atoms with Crippen LogP contribution in [0.4, 0.5) is 0 Å². The number of aromatic carboxylic acids is 1. The minimum Gasteiger partial charge on any atom is -0.478 e. The van der Waals surface area contributed by atoms with E-state index < -0.39 is 5.97 Å². The Labute approximate surface area is 122 Å². The summed E-state index contributed by atoms with van der Waals surface area (Å²) < 4.78 is 0. The van der Waals surface area contributed by atoms with Crippen LogP contribution in [0.25, 0.3) is 0 Å². The van der Waals surface area contributed by atoms with Crippen LogP contribution in [0.3, 0.4) is 0 Å². The van der Waals surface area contributed by atoms with Gasteiger partial charge in [-0.05, 0) is 48.1 Å². The first-order chi connectivity index (χ1) is 10.1. The van der Waals surface area contributed by atoms with Crippen LogP contribution in [-0.2, 0) is 19.3 Å². The van der Waals surface area contributed by atoms with Crippen molar-refractivity contribution in [1.82, 2.24) is 0 Å². The summed E-state index contributed by atoms with van der Waals surface area (Å²) in [5.74, 6) is -0.703. The predicted octanol–water partition coefficient (Wildman–Crippen LogP) is 2.91. The molecule has 0 unspecified atom stereocenters. The molecule has 1 spiro atoms. The molecule has 1 atom stereocenters. The lowest BCUT2D eigenvalue weighted by atomic mass is 9.81. The quantitative estimate of drug-likeness (QED) is 0.872. The Balaban J connectivity index is 1.75. The number of benzene rings is 2. The normalized spacial score (nSPS) is 22.4. The second-order valence-electron chi connectivity index (χ2n) is 6.09. The number of rotatable bonds is 1. The number of carbonyl (C=O) groups is 2. The van der Waals surface area contributed by atoms with Crippen molar-refractivity contribution in [3.63, 3.8) is 0 Å². The largest absolute Gasteiger partial charge is 0.478 e. The number of hydrogen-bond donors (Lipinski definition) is 1. The molecule has 4 rings (SSSR count). The number of ketones is 1. The van der Waals surface area contributed by atoms with E-state index >= 15 is 0 Å². The summed E-state index contributed by atoms with van der Waals surface area (Å²) in [5, 5.41) is 9.10. The van der Waals surface area contributed by atoms with Gasteiger partial charge in [0.15, 0.2) is 5.78 Å². The fourth-order valence-corrected chi connectivity index (χ4v) is 3.80. The van der Waals surface area contributed by atoms with E-state index in [4.69, 9.17) is 5.11 Å². The molecular weight excluding hydrogens is 264 g/mol. The van der Waals surface area contributed by atoms with Gasteiger partial charge in [-0.3, -0.25) is 4.79 Å². The molecule has 1 N–H and O–H groups in total. The topological polar surface area (TPSA) is 54.4 Å². The van der Waals surface area contributed by atoms with Crippen LogP contribution in [0.5, 0.6) is 0 Å². The molecule has 3 heteroatoms. The second kappa shape index (κ2) is 4.04. The van der Waals surface area contributed by atoms with Gasteiger partial charge in [0.1, 0.15) is 0 Å². The molecule has 0 radical (unpaired) electrons. The highest BCUT2D eigenvalue weighted by Gasteiger charge is 2.48. The highest BCUT2D eigenvalue weighted by molar-refractivity contribution is 6.05. The van der Waals surface area contributed by atoms with Crippen molar-refractivity contribution in [3.8, 4) is 0 Å². The van der Waals surface area contributed by atoms with Crippen LogP contribution in [-0.4, -0.2) is 16.9 Å². The lowest BCUT2D eigenvalue weighted by Gasteiger charge is -2.20. The van der Waals surface area contributed by atoms with Gasteiger partial charge in [-0.15, -0.1) is 0 Å². The summed E-state index contributed by atoms with van der Waals surface area (Å²) in [5.41, 5.74) is 3.99. The standard InChI is InChI=1S/C18H14O3/c19-16-15-4-2-1-3-13(15)9-18(16)8-12-6-5-11(17(20)21)7-14(12)10-18/h1-7H,8-10H2,(H,20,21)/t18-/m1/s1. The van der Waals surface area contributed by atoms with E-state index in [0.717, 1.165) is 35.1 Å². The third-order valence-electron chi connectivity index (χ3n) is 4.78. The Morgan fingerprint density at radius 1 is 0.952 bits per heavy atom. The molecule has 0 aliphatic heterocycles. The van der Waals surface area contributed by atoms with Crippen LogP contribution in [0.15, 0.2) is 42.5 Å². The van der Waals surface area contributed by atoms with E-state index in [9.17, 15) is 9.59 Å². The fourth-order valence-electron chi connectivity index (χ4n) is 3.80. The molecule has 2 aromatic carbocycles. The third-order valence-corrected chi connectivity index (χ3v) is 4.78. The monoisotopic (exact) mass is 278 g/mol. The Morgan fingerprint density at radius 2 is 1.67 bits per heavy atom. The molecule has 0 amide bonds. The number of Topliss-reactive ketones (excluding diaryl/α,β-unsaturated/α-hetero) is 1. The Hall–Kier alpha value is -2.42. The van der Waals surface area contributed by atoms with Crippen molar-refractivity contribution in [2.24, 2.45) is 5.41 Å². The van der Waals surface area contributed by atoms with Crippen molar-refractivity contribution >= 4 is 11.8 Å². The smallest absolute Gasteiger partial charge is 0.335 e. The predicted molar refractivity (Wildman–Crippen MR) is 77.7 cm³/mol. The molecular formula is C18H14O3. The Kier molecular flexibility index (Phi) is 2.37. The van der Waals surface area contributed by atoms with Gasteiger partial charge in [-0.25, -0.2) is 4.79 Å².